The number of aromatic nitrogens is 8. The molecule has 58 heavy (non-hydrogen) atoms. The lowest BCUT2D eigenvalue weighted by atomic mass is 10.1. The number of benzene rings is 2. The topological polar surface area (TPSA) is 160 Å². The number of hydrogen-bond donors (Lipinski definition) is 1. The fraction of sp³-hybridized carbons (Fsp3) is 0.476. The zero-order valence-electron chi connectivity index (χ0n) is 33.6. The van der Waals surface area contributed by atoms with Gasteiger partial charge in [-0.15, -0.1) is 0 Å². The summed E-state index contributed by atoms with van der Waals surface area (Å²) >= 11 is 0. The van der Waals surface area contributed by atoms with Crippen LogP contribution in [0.1, 0.15) is 53.6 Å². The molecule has 2 fully saturated rings. The second-order valence-corrected chi connectivity index (χ2v) is 15.2. The first-order valence-corrected chi connectivity index (χ1v) is 20.1. The third-order valence-corrected chi connectivity index (χ3v) is 11.2. The first-order valence-electron chi connectivity index (χ1n) is 20.1. The number of rotatable bonds is 18. The van der Waals surface area contributed by atoms with Gasteiger partial charge in [0, 0.05) is 46.8 Å². The molecule has 4 aromatic heterocycles. The van der Waals surface area contributed by atoms with Crippen LogP contribution in [0.4, 0.5) is 0 Å². The number of imidazole rings is 2. The van der Waals surface area contributed by atoms with Gasteiger partial charge in [-0.1, -0.05) is 48.5 Å². The van der Waals surface area contributed by atoms with E-state index in [2.05, 4.69) is 73.3 Å². The van der Waals surface area contributed by atoms with Crippen LogP contribution in [0.3, 0.4) is 0 Å². The molecular formula is C42H52N10O6. The SMILES string of the molecule is COCCOc1nc(CC2CCCN2Cc2ccc(Cn3c(=O)n(C)c4cnc(OCCOC)nc43)cc2)c2[nH]c(=O)n(Cc3ccc(CN4CCCC4)cc3)c2n1. The van der Waals surface area contributed by atoms with Gasteiger partial charge in [0.15, 0.2) is 11.3 Å². The summed E-state index contributed by atoms with van der Waals surface area (Å²) in [5.74, 6) is 0. The lowest BCUT2D eigenvalue weighted by Crippen LogP contribution is -2.31. The molecule has 1 atom stereocenters. The number of nitrogens with zero attached hydrogens (tertiary/aromatic N) is 9. The van der Waals surface area contributed by atoms with Gasteiger partial charge in [0.1, 0.15) is 24.2 Å². The van der Waals surface area contributed by atoms with Crippen LogP contribution in [-0.4, -0.2) is 115 Å². The molecule has 1 unspecified atom stereocenters. The van der Waals surface area contributed by atoms with Crippen LogP contribution in [0, 0.1) is 0 Å². The number of ether oxygens (including phenoxy) is 4. The highest BCUT2D eigenvalue weighted by molar-refractivity contribution is 5.74. The maximum atomic E-state index is 13.5. The number of H-pyrrole nitrogens is 1. The number of methoxy groups -OCH3 is 2. The minimum atomic E-state index is -0.224. The van der Waals surface area contributed by atoms with Crippen LogP contribution in [0.25, 0.3) is 22.3 Å². The van der Waals surface area contributed by atoms with Crippen LogP contribution < -0.4 is 20.9 Å². The van der Waals surface area contributed by atoms with Crippen LogP contribution in [0.5, 0.6) is 12.0 Å². The van der Waals surface area contributed by atoms with Gasteiger partial charge in [-0.05, 0) is 67.6 Å². The van der Waals surface area contributed by atoms with Crippen molar-refractivity contribution in [2.75, 3.05) is 60.3 Å². The van der Waals surface area contributed by atoms with Crippen LogP contribution in [0.2, 0.25) is 0 Å². The van der Waals surface area contributed by atoms with Crippen molar-refractivity contribution in [3.8, 4) is 12.0 Å². The molecular weight excluding hydrogens is 741 g/mol. The van der Waals surface area contributed by atoms with Gasteiger partial charge < -0.3 is 23.9 Å². The van der Waals surface area contributed by atoms with Crippen molar-refractivity contribution < 1.29 is 18.9 Å². The third-order valence-electron chi connectivity index (χ3n) is 11.2. The Bertz CT molecular complexity index is 2430. The van der Waals surface area contributed by atoms with E-state index in [0.29, 0.717) is 68.3 Å². The zero-order chi connectivity index (χ0) is 40.0. The van der Waals surface area contributed by atoms with Crippen molar-refractivity contribution in [3.05, 3.63) is 104 Å². The molecule has 8 rings (SSSR count). The maximum Gasteiger partial charge on any atom is 0.330 e. The van der Waals surface area contributed by atoms with E-state index >= 15 is 0 Å². The Labute approximate surface area is 336 Å². The first kappa shape index (κ1) is 39.4. The maximum absolute atomic E-state index is 13.5. The Morgan fingerprint density at radius 2 is 1.29 bits per heavy atom. The largest absolute Gasteiger partial charge is 0.461 e. The number of hydrogen-bond acceptors (Lipinski definition) is 12. The average Bonchev–Trinajstić information content (AvgIpc) is 4.02. The quantitative estimate of drug-likeness (QED) is 0.127. The molecule has 306 valence electrons. The van der Waals surface area contributed by atoms with Gasteiger partial charge >= 0.3 is 23.4 Å². The minimum absolute atomic E-state index is 0.174. The smallest absolute Gasteiger partial charge is 0.330 e. The molecule has 0 spiro atoms. The molecule has 0 radical (unpaired) electrons. The fourth-order valence-electron chi connectivity index (χ4n) is 8.09. The third kappa shape index (κ3) is 8.84. The molecule has 2 aromatic carbocycles. The fourth-order valence-corrected chi connectivity index (χ4v) is 8.09. The van der Waals surface area contributed by atoms with Crippen LogP contribution in [-0.2, 0) is 49.1 Å². The molecule has 2 saturated heterocycles. The second-order valence-electron chi connectivity index (χ2n) is 15.2. The normalized spacial score (nSPS) is 16.3. The van der Waals surface area contributed by atoms with Gasteiger partial charge in [-0.2, -0.15) is 15.0 Å². The number of aromatic amines is 1. The van der Waals surface area contributed by atoms with Crippen molar-refractivity contribution in [2.24, 2.45) is 7.05 Å². The van der Waals surface area contributed by atoms with Gasteiger partial charge in [0.25, 0.3) is 0 Å². The summed E-state index contributed by atoms with van der Waals surface area (Å²) in [4.78, 5) is 53.2. The molecule has 6 heterocycles. The standard InChI is InChI=1S/C42H52N10O6/c1-48-35-24-43-39(57-21-19-55-2)46-37(35)52(42(48)54)28-32-14-10-30(11-15-32)26-50-18-6-7-33(50)23-34-36-38(47-40(44-34)58-22-20-56-3)51(41(53)45-36)27-31-12-8-29(9-13-31)25-49-16-4-5-17-49/h8-15,24,33H,4-7,16-23,25-28H2,1-3H3,(H,45,53). The summed E-state index contributed by atoms with van der Waals surface area (Å²) in [5, 5.41) is 0. The summed E-state index contributed by atoms with van der Waals surface area (Å²) < 4.78 is 26.7. The molecule has 6 aromatic rings. The molecule has 1 N–H and O–H groups in total. The second kappa shape index (κ2) is 18.0. The van der Waals surface area contributed by atoms with Gasteiger partial charge in [-0.3, -0.25) is 23.5 Å². The van der Waals surface area contributed by atoms with Crippen molar-refractivity contribution in [1.82, 2.24) is 48.4 Å². The number of nitrogens with one attached hydrogen (secondary N) is 1. The first-order chi connectivity index (χ1) is 28.4. The van der Waals surface area contributed by atoms with E-state index in [1.54, 1.807) is 41.2 Å². The average molecular weight is 793 g/mol. The number of fused-ring (bicyclic) bond motifs is 2. The molecule has 16 nitrogen and oxygen atoms in total. The Hall–Kier alpha value is -5.42. The summed E-state index contributed by atoms with van der Waals surface area (Å²) in [5.41, 5.74) is 7.15. The Balaban J connectivity index is 0.976. The van der Waals surface area contributed by atoms with Crippen LogP contribution in [0.15, 0.2) is 64.3 Å². The Morgan fingerprint density at radius 3 is 1.97 bits per heavy atom. The van der Waals surface area contributed by atoms with Gasteiger partial charge in [0.05, 0.1) is 38.2 Å². The van der Waals surface area contributed by atoms with Crippen molar-refractivity contribution in [3.63, 3.8) is 0 Å². The highest BCUT2D eigenvalue weighted by Crippen LogP contribution is 2.27. The summed E-state index contributed by atoms with van der Waals surface area (Å²) in [7, 11) is 4.95. The summed E-state index contributed by atoms with van der Waals surface area (Å²) in [6.07, 6.45) is 6.83. The van der Waals surface area contributed by atoms with E-state index in [1.807, 2.05) is 0 Å². The predicted octanol–water partition coefficient (Wildman–Crippen LogP) is 3.51. The molecule has 2 aliphatic rings. The molecule has 16 heteroatoms. The molecule has 0 bridgehead atoms. The molecule has 0 aliphatic carbocycles. The van der Waals surface area contributed by atoms with Crippen molar-refractivity contribution >= 4 is 22.3 Å². The molecule has 0 saturated carbocycles. The van der Waals surface area contributed by atoms with Gasteiger partial charge in [-0.25, -0.2) is 14.6 Å². The highest BCUT2D eigenvalue weighted by Gasteiger charge is 2.28. The van der Waals surface area contributed by atoms with E-state index < -0.39 is 0 Å². The highest BCUT2D eigenvalue weighted by atomic mass is 16.5. The van der Waals surface area contributed by atoms with Crippen LogP contribution >= 0.6 is 0 Å². The Kier molecular flexibility index (Phi) is 12.2. The van der Waals surface area contributed by atoms with Gasteiger partial charge in [0.2, 0.25) is 0 Å². The lowest BCUT2D eigenvalue weighted by Gasteiger charge is -2.24. The summed E-state index contributed by atoms with van der Waals surface area (Å²) in [6.45, 7) is 7.12. The van der Waals surface area contributed by atoms with Crippen molar-refractivity contribution in [2.45, 2.75) is 64.3 Å². The minimum Gasteiger partial charge on any atom is -0.461 e. The van der Waals surface area contributed by atoms with Crippen molar-refractivity contribution in [1.29, 1.82) is 0 Å². The summed E-state index contributed by atoms with van der Waals surface area (Å²) in [6, 6.07) is 17.5. The van der Waals surface area contributed by atoms with E-state index in [4.69, 9.17) is 28.9 Å². The van der Waals surface area contributed by atoms with E-state index in [1.165, 1.54) is 24.0 Å². The molecule has 0 amide bonds. The van der Waals surface area contributed by atoms with E-state index in [-0.39, 0.29) is 29.4 Å². The Morgan fingerprint density at radius 1 is 0.690 bits per heavy atom. The monoisotopic (exact) mass is 792 g/mol. The predicted molar refractivity (Wildman–Crippen MR) is 218 cm³/mol. The number of likely N-dealkylation sites (tertiary alicyclic amines) is 2. The van der Waals surface area contributed by atoms with E-state index in [0.717, 1.165) is 62.4 Å². The molecule has 2 aliphatic heterocycles. The number of aryl methyl sites for hydroxylation is 1. The zero-order valence-corrected chi connectivity index (χ0v) is 33.6. The van der Waals surface area contributed by atoms with E-state index in [9.17, 15) is 9.59 Å². The lowest BCUT2D eigenvalue weighted by molar-refractivity contribution is 0.140.